The minimum atomic E-state index is -0.286. The van der Waals surface area contributed by atoms with Crippen LogP contribution >= 0.6 is 0 Å². The third kappa shape index (κ3) is 6.66. The standard InChI is InChI=1S/C45H50O5/c1-9-37-38-16-26(4)14-32(43(38)49)18-28-10-24(2)12-30(40(28)46)20-34-22-36(45(6,7)8)23-35(42(34)48)21-31-13-25(3)11-29(41(31)47)19-33-15-27(5)17-39(37)44(33)50/h10-17,22-23,37,46-50H,9,18-21H2,1-8H3. The Balaban J connectivity index is 1.66. The molecule has 0 saturated carbocycles. The first-order valence-electron chi connectivity index (χ1n) is 17.7. The van der Waals surface area contributed by atoms with E-state index in [0.717, 1.165) is 38.9 Å². The van der Waals surface area contributed by atoms with Crippen molar-refractivity contribution in [3.63, 3.8) is 0 Å². The number of aryl methyl sites for hydroxylation is 4. The predicted molar refractivity (Wildman–Crippen MR) is 202 cm³/mol. The zero-order chi connectivity index (χ0) is 36.2. The minimum absolute atomic E-state index is 0.142. The van der Waals surface area contributed by atoms with E-state index >= 15 is 0 Å². The summed E-state index contributed by atoms with van der Waals surface area (Å²) < 4.78 is 0. The lowest BCUT2D eigenvalue weighted by Crippen LogP contribution is -2.13. The lowest BCUT2D eigenvalue weighted by molar-refractivity contribution is 0.444. The third-order valence-electron chi connectivity index (χ3n) is 10.4. The summed E-state index contributed by atoms with van der Waals surface area (Å²) in [6.45, 7) is 16.4. The zero-order valence-corrected chi connectivity index (χ0v) is 30.6. The second-order valence-corrected chi connectivity index (χ2v) is 15.6. The molecule has 5 N–H and O–H groups in total. The third-order valence-corrected chi connectivity index (χ3v) is 10.4. The van der Waals surface area contributed by atoms with Crippen LogP contribution in [0.5, 0.6) is 28.7 Å². The molecule has 5 nitrogen and oxygen atoms in total. The van der Waals surface area contributed by atoms with Crippen LogP contribution in [0.15, 0.2) is 60.7 Å². The van der Waals surface area contributed by atoms with E-state index < -0.39 is 0 Å². The highest BCUT2D eigenvalue weighted by molar-refractivity contribution is 5.59. The van der Waals surface area contributed by atoms with Gasteiger partial charge in [0.05, 0.1) is 0 Å². The number of phenols is 5. The average Bonchev–Trinajstić information content (AvgIpc) is 3.03. The van der Waals surface area contributed by atoms with Crippen LogP contribution in [0.25, 0.3) is 0 Å². The van der Waals surface area contributed by atoms with Crippen LogP contribution in [0, 0.1) is 27.7 Å². The zero-order valence-electron chi connectivity index (χ0n) is 30.6. The van der Waals surface area contributed by atoms with Gasteiger partial charge in [-0.25, -0.2) is 0 Å². The van der Waals surface area contributed by atoms with Crippen LogP contribution in [0.2, 0.25) is 0 Å². The van der Waals surface area contributed by atoms with Crippen molar-refractivity contribution in [3.05, 3.63) is 144 Å². The van der Waals surface area contributed by atoms with Crippen LogP contribution in [0.1, 0.15) is 123 Å². The van der Waals surface area contributed by atoms with E-state index in [9.17, 15) is 25.5 Å². The van der Waals surface area contributed by atoms with Gasteiger partial charge < -0.3 is 25.5 Å². The Hall–Kier alpha value is -4.90. The molecular formula is C45H50O5. The second-order valence-electron chi connectivity index (χ2n) is 15.6. The van der Waals surface area contributed by atoms with Gasteiger partial charge in [0.2, 0.25) is 0 Å². The summed E-state index contributed by atoms with van der Waals surface area (Å²) in [6, 6.07) is 19.8. The maximum Gasteiger partial charge on any atom is 0.122 e. The van der Waals surface area contributed by atoms with Gasteiger partial charge in [-0.3, -0.25) is 0 Å². The van der Waals surface area contributed by atoms with Gasteiger partial charge in [0.1, 0.15) is 28.7 Å². The van der Waals surface area contributed by atoms with Crippen LogP contribution in [-0.4, -0.2) is 25.5 Å². The molecule has 5 aromatic rings. The fraction of sp³-hybridized carbons (Fsp3) is 0.333. The second kappa shape index (κ2) is 13.1. The topological polar surface area (TPSA) is 101 Å². The van der Waals surface area contributed by atoms with Crippen molar-refractivity contribution in [1.29, 1.82) is 0 Å². The van der Waals surface area contributed by atoms with Crippen LogP contribution in [-0.2, 0) is 31.1 Å². The Morgan fingerprint density at radius 2 is 0.700 bits per heavy atom. The van der Waals surface area contributed by atoms with E-state index in [2.05, 4.69) is 27.7 Å². The van der Waals surface area contributed by atoms with Gasteiger partial charge in [-0.1, -0.05) is 111 Å². The normalized spacial score (nSPS) is 13.7. The smallest absolute Gasteiger partial charge is 0.122 e. The Bertz CT molecular complexity index is 1990. The Morgan fingerprint density at radius 1 is 0.440 bits per heavy atom. The summed E-state index contributed by atoms with van der Waals surface area (Å²) in [4.78, 5) is 0. The molecule has 5 aromatic carbocycles. The lowest BCUT2D eigenvalue weighted by Gasteiger charge is -2.24. The summed E-state index contributed by atoms with van der Waals surface area (Å²) in [5.41, 5.74) is 11.7. The molecule has 1 aliphatic carbocycles. The van der Waals surface area contributed by atoms with Crippen molar-refractivity contribution in [2.24, 2.45) is 0 Å². The first-order chi connectivity index (χ1) is 23.5. The fourth-order valence-corrected chi connectivity index (χ4v) is 7.87. The van der Waals surface area contributed by atoms with Crippen molar-refractivity contribution in [2.45, 2.75) is 98.8 Å². The number of fused-ring (bicyclic) bond motifs is 10. The van der Waals surface area contributed by atoms with E-state index in [1.54, 1.807) is 0 Å². The largest absolute Gasteiger partial charge is 0.507 e. The number of hydrogen-bond donors (Lipinski definition) is 5. The summed E-state index contributed by atoms with van der Waals surface area (Å²) >= 11 is 0. The van der Waals surface area contributed by atoms with E-state index in [1.165, 1.54) is 0 Å². The van der Waals surface area contributed by atoms with Crippen molar-refractivity contribution >= 4 is 0 Å². The molecule has 0 heterocycles. The maximum atomic E-state index is 11.9. The SMILES string of the molecule is CCC1c2cc(C)cc(c2O)Cc2cc(C)cc(c2O)Cc2cc(C(C)(C)C)cc(c2O)Cc2cc(C)cc(c2O)Cc2cc(C)cc1c2O. The van der Waals surface area contributed by atoms with Gasteiger partial charge in [0.25, 0.3) is 0 Å². The molecule has 50 heavy (non-hydrogen) atoms. The fourth-order valence-electron chi connectivity index (χ4n) is 7.87. The molecule has 0 amide bonds. The Labute approximate surface area is 296 Å². The summed E-state index contributed by atoms with van der Waals surface area (Å²) in [7, 11) is 0. The van der Waals surface area contributed by atoms with Gasteiger partial charge in [0, 0.05) is 42.7 Å². The highest BCUT2D eigenvalue weighted by Gasteiger charge is 2.26. The van der Waals surface area contributed by atoms with Crippen LogP contribution < -0.4 is 0 Å². The molecule has 0 aromatic heterocycles. The first-order valence-corrected chi connectivity index (χ1v) is 17.7. The summed E-state index contributed by atoms with van der Waals surface area (Å²) in [5.74, 6) is 0.453. The van der Waals surface area contributed by atoms with Gasteiger partial charge in [-0.05, 0) is 89.6 Å². The molecule has 1 aliphatic rings. The van der Waals surface area contributed by atoms with Crippen molar-refractivity contribution < 1.29 is 25.5 Å². The van der Waals surface area contributed by atoms with Crippen molar-refractivity contribution in [3.8, 4) is 28.7 Å². The predicted octanol–water partition coefficient (Wildman–Crippen LogP) is 9.96. The number of rotatable bonds is 1. The Morgan fingerprint density at radius 3 is 0.980 bits per heavy atom. The maximum absolute atomic E-state index is 11.9. The molecule has 0 radical (unpaired) electrons. The molecule has 0 unspecified atom stereocenters. The molecule has 0 saturated heterocycles. The van der Waals surface area contributed by atoms with Crippen LogP contribution in [0.3, 0.4) is 0 Å². The first kappa shape index (κ1) is 34.9. The molecule has 5 heteroatoms. The quantitative estimate of drug-likeness (QED) is 0.122. The lowest BCUT2D eigenvalue weighted by atomic mass is 9.82. The molecule has 10 bridgehead atoms. The molecular weight excluding hydrogens is 620 g/mol. The van der Waals surface area contributed by atoms with Gasteiger partial charge >= 0.3 is 0 Å². The molecule has 6 rings (SSSR count). The number of phenolic OH excluding ortho intramolecular Hbond substituents is 5. The molecule has 0 atom stereocenters. The number of aromatic hydroxyl groups is 5. The van der Waals surface area contributed by atoms with E-state index in [-0.39, 0.29) is 40.1 Å². The summed E-state index contributed by atoms with van der Waals surface area (Å²) in [5, 5.41) is 59.1. The monoisotopic (exact) mass is 670 g/mol. The highest BCUT2D eigenvalue weighted by Crippen LogP contribution is 2.44. The molecule has 0 fully saturated rings. The highest BCUT2D eigenvalue weighted by atomic mass is 16.3. The summed E-state index contributed by atoms with van der Waals surface area (Å²) in [6.07, 6.45) is 1.89. The van der Waals surface area contributed by atoms with E-state index in [0.29, 0.717) is 76.6 Å². The van der Waals surface area contributed by atoms with Gasteiger partial charge in [0.15, 0.2) is 0 Å². The van der Waals surface area contributed by atoms with Crippen molar-refractivity contribution in [2.75, 3.05) is 0 Å². The van der Waals surface area contributed by atoms with Crippen molar-refractivity contribution in [1.82, 2.24) is 0 Å². The molecule has 0 spiro atoms. The Kier molecular flexibility index (Phi) is 9.15. The minimum Gasteiger partial charge on any atom is -0.507 e. The van der Waals surface area contributed by atoms with Gasteiger partial charge in [-0.2, -0.15) is 0 Å². The van der Waals surface area contributed by atoms with Crippen LogP contribution in [0.4, 0.5) is 0 Å². The average molecular weight is 671 g/mol. The van der Waals surface area contributed by atoms with Gasteiger partial charge in [-0.15, -0.1) is 0 Å². The van der Waals surface area contributed by atoms with E-state index in [4.69, 9.17) is 0 Å². The number of hydrogen-bond acceptors (Lipinski definition) is 5. The molecule has 0 aliphatic heterocycles. The molecule has 260 valence electrons. The number of benzene rings is 5. The van der Waals surface area contributed by atoms with E-state index in [1.807, 2.05) is 88.4 Å².